The summed E-state index contributed by atoms with van der Waals surface area (Å²) < 4.78 is 0. The molecule has 0 bridgehead atoms. The lowest BCUT2D eigenvalue weighted by atomic mass is 9.93. The lowest BCUT2D eigenvalue weighted by Crippen LogP contribution is -1.92. The summed E-state index contributed by atoms with van der Waals surface area (Å²) >= 11 is 0. The van der Waals surface area contributed by atoms with Gasteiger partial charge in [-0.1, -0.05) is 91.7 Å². The van der Waals surface area contributed by atoms with Gasteiger partial charge in [0, 0.05) is 0 Å². The van der Waals surface area contributed by atoms with Crippen LogP contribution >= 0.6 is 0 Å². The van der Waals surface area contributed by atoms with Crippen LogP contribution in [-0.2, 0) is 0 Å². The zero-order valence-corrected chi connectivity index (χ0v) is 15.6. The second-order valence-corrected chi connectivity index (χ2v) is 3.84. The van der Waals surface area contributed by atoms with Crippen molar-refractivity contribution >= 4 is 0 Å². The SMILES string of the molecule is C.C=CC(/C=C\CC)=C(C(=C)/C=C\C)\C(C)=C/C.CC.CC. The Morgan fingerprint density at radius 3 is 1.82 bits per heavy atom. The Labute approximate surface area is 141 Å². The Hall–Kier alpha value is -1.56. The molecule has 0 N–H and O–H groups in total. The van der Waals surface area contributed by atoms with Crippen molar-refractivity contribution in [1.29, 1.82) is 0 Å². The van der Waals surface area contributed by atoms with Crippen molar-refractivity contribution in [3.8, 4) is 0 Å². The molecule has 128 valence electrons. The smallest absolute Gasteiger partial charge is 0.00918 e. The lowest BCUT2D eigenvalue weighted by molar-refractivity contribution is 1.22. The fourth-order valence-electron chi connectivity index (χ4n) is 1.59. The van der Waals surface area contributed by atoms with E-state index >= 15 is 0 Å². The van der Waals surface area contributed by atoms with E-state index in [0.29, 0.717) is 0 Å². The minimum Gasteiger partial charge on any atom is -0.0984 e. The standard InChI is InChI=1S/C17H24.2C2H6.CH4/c1-7-11-13-16(10-4)17(14(5)9-3)15(6)12-8-2;2*1-2;/h8-13H,4,6-7H2,1-3,5H3;2*1-2H3;1H4/b12-8-,13-11-,14-9-,17-16-;;;. The van der Waals surface area contributed by atoms with Crippen molar-refractivity contribution in [2.45, 2.75) is 69.2 Å². The molecule has 0 fully saturated rings. The maximum Gasteiger partial charge on any atom is -0.00918 e. The van der Waals surface area contributed by atoms with Crippen molar-refractivity contribution < 1.29 is 0 Å². The molecular formula is C22H40. The van der Waals surface area contributed by atoms with Crippen LogP contribution in [0.2, 0.25) is 0 Å². The predicted molar refractivity (Wildman–Crippen MR) is 109 cm³/mol. The summed E-state index contributed by atoms with van der Waals surface area (Å²) in [7, 11) is 0. The Balaban J connectivity index is -0.000000297. The van der Waals surface area contributed by atoms with Gasteiger partial charge in [-0.2, -0.15) is 0 Å². The van der Waals surface area contributed by atoms with Crippen molar-refractivity contribution in [2.75, 3.05) is 0 Å². The van der Waals surface area contributed by atoms with Crippen molar-refractivity contribution in [3.05, 3.63) is 71.9 Å². The molecule has 0 radical (unpaired) electrons. The first-order valence-corrected chi connectivity index (χ1v) is 8.10. The normalized spacial score (nSPS) is 11.5. The van der Waals surface area contributed by atoms with Gasteiger partial charge < -0.3 is 0 Å². The third-order valence-corrected chi connectivity index (χ3v) is 2.56. The van der Waals surface area contributed by atoms with Crippen LogP contribution in [-0.4, -0.2) is 0 Å². The molecular weight excluding hydrogens is 264 g/mol. The Bertz CT molecular complexity index is 384. The molecule has 0 nitrogen and oxygen atoms in total. The summed E-state index contributed by atoms with van der Waals surface area (Å²) in [6, 6.07) is 0. The van der Waals surface area contributed by atoms with Gasteiger partial charge in [-0.05, 0) is 49.5 Å². The van der Waals surface area contributed by atoms with E-state index in [9.17, 15) is 0 Å². The minimum absolute atomic E-state index is 0. The van der Waals surface area contributed by atoms with Crippen LogP contribution < -0.4 is 0 Å². The molecule has 0 aliphatic carbocycles. The molecule has 0 heteroatoms. The average molecular weight is 305 g/mol. The van der Waals surface area contributed by atoms with E-state index in [1.165, 1.54) is 11.1 Å². The zero-order chi connectivity index (χ0) is 17.3. The highest BCUT2D eigenvalue weighted by Crippen LogP contribution is 2.24. The van der Waals surface area contributed by atoms with E-state index in [1.54, 1.807) is 0 Å². The quantitative estimate of drug-likeness (QED) is 0.433. The molecule has 0 aliphatic heterocycles. The van der Waals surface area contributed by atoms with Gasteiger partial charge in [0.2, 0.25) is 0 Å². The second-order valence-electron chi connectivity index (χ2n) is 3.84. The maximum absolute atomic E-state index is 4.12. The monoisotopic (exact) mass is 304 g/mol. The van der Waals surface area contributed by atoms with Gasteiger partial charge in [0.25, 0.3) is 0 Å². The first-order chi connectivity index (χ1) is 10.1. The molecule has 0 heterocycles. The molecule has 0 atom stereocenters. The van der Waals surface area contributed by atoms with E-state index in [0.717, 1.165) is 17.6 Å². The average Bonchev–Trinajstić information content (AvgIpc) is 2.54. The highest BCUT2D eigenvalue weighted by Gasteiger charge is 2.06. The summed E-state index contributed by atoms with van der Waals surface area (Å²) in [5.41, 5.74) is 4.55. The van der Waals surface area contributed by atoms with Crippen molar-refractivity contribution in [1.82, 2.24) is 0 Å². The van der Waals surface area contributed by atoms with Gasteiger partial charge in [0.1, 0.15) is 0 Å². The number of allylic oxidation sites excluding steroid dienone is 10. The highest BCUT2D eigenvalue weighted by atomic mass is 14.1. The summed E-state index contributed by atoms with van der Waals surface area (Å²) in [6.07, 6.45) is 13.3. The molecule has 0 saturated heterocycles. The molecule has 0 unspecified atom stereocenters. The topological polar surface area (TPSA) is 0 Å². The molecule has 0 saturated carbocycles. The van der Waals surface area contributed by atoms with E-state index in [-0.39, 0.29) is 7.43 Å². The van der Waals surface area contributed by atoms with E-state index in [4.69, 9.17) is 0 Å². The van der Waals surface area contributed by atoms with Crippen LogP contribution in [0.4, 0.5) is 0 Å². The van der Waals surface area contributed by atoms with E-state index in [2.05, 4.69) is 45.2 Å². The molecule has 0 aromatic rings. The minimum atomic E-state index is 0. The molecule has 22 heavy (non-hydrogen) atoms. The van der Waals surface area contributed by atoms with Gasteiger partial charge in [-0.3, -0.25) is 0 Å². The summed E-state index contributed by atoms with van der Waals surface area (Å²) in [5, 5.41) is 0. The van der Waals surface area contributed by atoms with Gasteiger partial charge in [0.15, 0.2) is 0 Å². The van der Waals surface area contributed by atoms with Gasteiger partial charge in [0.05, 0.1) is 0 Å². The van der Waals surface area contributed by atoms with Gasteiger partial charge in [-0.25, -0.2) is 0 Å². The lowest BCUT2D eigenvalue weighted by Gasteiger charge is -2.11. The number of hydrogen-bond donors (Lipinski definition) is 0. The Kier molecular flexibility index (Phi) is 28.2. The molecule has 0 amide bonds. The predicted octanol–water partition coefficient (Wildman–Crippen LogP) is 8.22. The molecule has 0 spiro atoms. The maximum atomic E-state index is 4.12. The van der Waals surface area contributed by atoms with Crippen LogP contribution in [0.15, 0.2) is 71.9 Å². The van der Waals surface area contributed by atoms with Crippen molar-refractivity contribution in [2.24, 2.45) is 0 Å². The van der Waals surface area contributed by atoms with Gasteiger partial charge in [-0.15, -0.1) is 0 Å². The Morgan fingerprint density at radius 1 is 1.00 bits per heavy atom. The van der Waals surface area contributed by atoms with Crippen molar-refractivity contribution in [3.63, 3.8) is 0 Å². The van der Waals surface area contributed by atoms with Gasteiger partial charge >= 0.3 is 0 Å². The van der Waals surface area contributed by atoms with E-state index < -0.39 is 0 Å². The van der Waals surface area contributed by atoms with Crippen LogP contribution in [0.25, 0.3) is 0 Å². The van der Waals surface area contributed by atoms with Crippen LogP contribution in [0, 0.1) is 0 Å². The largest absolute Gasteiger partial charge is 0.0984 e. The van der Waals surface area contributed by atoms with Crippen LogP contribution in [0.5, 0.6) is 0 Å². The number of hydrogen-bond acceptors (Lipinski definition) is 0. The zero-order valence-electron chi connectivity index (χ0n) is 15.6. The summed E-state index contributed by atoms with van der Waals surface area (Å²) in [4.78, 5) is 0. The molecule has 0 aliphatic rings. The third-order valence-electron chi connectivity index (χ3n) is 2.56. The third kappa shape index (κ3) is 12.2. The van der Waals surface area contributed by atoms with Crippen LogP contribution in [0.3, 0.4) is 0 Å². The summed E-state index contributed by atoms with van der Waals surface area (Å²) in [6.45, 7) is 24.3. The molecule has 0 aromatic carbocycles. The highest BCUT2D eigenvalue weighted by molar-refractivity contribution is 5.57. The van der Waals surface area contributed by atoms with Crippen LogP contribution in [0.1, 0.15) is 69.2 Å². The second kappa shape index (κ2) is 21.7. The molecule has 0 aromatic heterocycles. The fraction of sp³-hybridized carbons (Fsp3) is 0.455. The van der Waals surface area contributed by atoms with E-state index in [1.807, 2.05) is 59.8 Å². The summed E-state index contributed by atoms with van der Waals surface area (Å²) in [5.74, 6) is 0. The first-order valence-electron chi connectivity index (χ1n) is 8.10. The Morgan fingerprint density at radius 2 is 1.50 bits per heavy atom. The first kappa shape index (κ1) is 28.6. The fourth-order valence-corrected chi connectivity index (χ4v) is 1.59. The number of rotatable bonds is 6. The molecule has 0 rings (SSSR count).